The Morgan fingerprint density at radius 1 is 1.19 bits per heavy atom. The molecule has 0 N–H and O–H groups in total. The Hall–Kier alpha value is -1.19. The van der Waals surface area contributed by atoms with Crippen LogP contribution in [0.15, 0.2) is 24.3 Å². The molecular formula is C12H14ClNO2. The van der Waals surface area contributed by atoms with E-state index in [1.54, 1.807) is 36.2 Å². The molecule has 1 rings (SSSR count). The summed E-state index contributed by atoms with van der Waals surface area (Å²) in [5.74, 6) is 0.0341. The van der Waals surface area contributed by atoms with E-state index in [2.05, 4.69) is 0 Å². The molecule has 3 nitrogen and oxygen atoms in total. The summed E-state index contributed by atoms with van der Waals surface area (Å²) in [5, 5.41) is 0.605. The highest BCUT2D eigenvalue weighted by Gasteiger charge is 2.10. The molecule has 16 heavy (non-hydrogen) atoms. The Morgan fingerprint density at radius 2 is 1.75 bits per heavy atom. The minimum Gasteiger partial charge on any atom is -0.299 e. The van der Waals surface area contributed by atoms with Gasteiger partial charge in [0.1, 0.15) is 5.78 Å². The molecule has 4 heteroatoms. The number of hydrogen-bond donors (Lipinski definition) is 0. The van der Waals surface area contributed by atoms with Crippen LogP contribution in [0.1, 0.15) is 17.3 Å². The zero-order valence-electron chi connectivity index (χ0n) is 9.37. The van der Waals surface area contributed by atoms with Crippen molar-refractivity contribution in [2.24, 2.45) is 0 Å². The molecule has 0 bridgehead atoms. The van der Waals surface area contributed by atoms with Crippen molar-refractivity contribution in [3.8, 4) is 0 Å². The number of carbonyl (C=O) groups is 2. The van der Waals surface area contributed by atoms with Crippen LogP contribution < -0.4 is 0 Å². The van der Waals surface area contributed by atoms with Crippen molar-refractivity contribution in [3.05, 3.63) is 34.9 Å². The molecule has 0 fully saturated rings. The van der Waals surface area contributed by atoms with Gasteiger partial charge in [-0.25, -0.2) is 0 Å². The predicted molar refractivity (Wildman–Crippen MR) is 64.0 cm³/mol. The summed E-state index contributed by atoms with van der Waals surface area (Å²) in [4.78, 5) is 24.3. The first-order valence-electron chi connectivity index (χ1n) is 4.96. The summed E-state index contributed by atoms with van der Waals surface area (Å²) in [5.41, 5.74) is 0.611. The topological polar surface area (TPSA) is 37.4 Å². The lowest BCUT2D eigenvalue weighted by atomic mass is 10.1. The smallest absolute Gasteiger partial charge is 0.176 e. The standard InChI is InChI=1S/C12H14ClNO2/c1-9(15)7-14(2)8-12(16)10-3-5-11(13)6-4-10/h3-6H,7-8H2,1-2H3. The van der Waals surface area contributed by atoms with Gasteiger partial charge < -0.3 is 0 Å². The largest absolute Gasteiger partial charge is 0.299 e. The van der Waals surface area contributed by atoms with Crippen molar-refractivity contribution < 1.29 is 9.59 Å². The van der Waals surface area contributed by atoms with Gasteiger partial charge in [-0.3, -0.25) is 14.5 Å². The third kappa shape index (κ3) is 4.13. The maximum Gasteiger partial charge on any atom is 0.176 e. The highest BCUT2D eigenvalue weighted by molar-refractivity contribution is 6.30. The van der Waals surface area contributed by atoms with Crippen molar-refractivity contribution in [2.45, 2.75) is 6.92 Å². The van der Waals surface area contributed by atoms with Crippen LogP contribution in [0, 0.1) is 0 Å². The molecule has 0 spiro atoms. The van der Waals surface area contributed by atoms with E-state index in [1.165, 1.54) is 6.92 Å². The fraction of sp³-hybridized carbons (Fsp3) is 0.333. The molecule has 0 atom stereocenters. The van der Waals surface area contributed by atoms with Crippen LogP contribution in [0.5, 0.6) is 0 Å². The molecule has 1 aromatic rings. The van der Waals surface area contributed by atoms with Crippen molar-refractivity contribution >= 4 is 23.2 Å². The van der Waals surface area contributed by atoms with Gasteiger partial charge in [0.25, 0.3) is 0 Å². The van der Waals surface area contributed by atoms with Crippen molar-refractivity contribution in [2.75, 3.05) is 20.1 Å². The van der Waals surface area contributed by atoms with Crippen LogP contribution in [-0.4, -0.2) is 36.6 Å². The van der Waals surface area contributed by atoms with E-state index in [1.807, 2.05) is 0 Å². The second kappa shape index (κ2) is 5.77. The molecule has 0 radical (unpaired) electrons. The Labute approximate surface area is 100 Å². The summed E-state index contributed by atoms with van der Waals surface area (Å²) in [6.45, 7) is 2.03. The second-order valence-corrected chi connectivity index (χ2v) is 4.24. The Morgan fingerprint density at radius 3 is 2.25 bits per heavy atom. The molecule has 0 unspecified atom stereocenters. The van der Waals surface area contributed by atoms with Crippen LogP contribution >= 0.6 is 11.6 Å². The van der Waals surface area contributed by atoms with Gasteiger partial charge >= 0.3 is 0 Å². The van der Waals surface area contributed by atoms with Crippen LogP contribution in [0.2, 0.25) is 5.02 Å². The van der Waals surface area contributed by atoms with Crippen molar-refractivity contribution in [1.29, 1.82) is 0 Å². The second-order valence-electron chi connectivity index (χ2n) is 3.80. The lowest BCUT2D eigenvalue weighted by Gasteiger charge is -2.13. The molecule has 0 aliphatic rings. The van der Waals surface area contributed by atoms with E-state index in [4.69, 9.17) is 11.6 Å². The normalized spacial score (nSPS) is 10.5. The molecule has 0 saturated heterocycles. The van der Waals surface area contributed by atoms with Gasteiger partial charge in [0.05, 0.1) is 13.1 Å². The number of rotatable bonds is 5. The zero-order chi connectivity index (χ0) is 12.1. The number of hydrogen-bond acceptors (Lipinski definition) is 3. The first-order chi connectivity index (χ1) is 7.49. The van der Waals surface area contributed by atoms with Gasteiger partial charge in [0.15, 0.2) is 5.78 Å². The highest BCUT2D eigenvalue weighted by atomic mass is 35.5. The van der Waals surface area contributed by atoms with Crippen LogP contribution in [-0.2, 0) is 4.79 Å². The molecule has 1 aromatic carbocycles. The Bertz CT molecular complexity index is 387. The summed E-state index contributed by atoms with van der Waals surface area (Å²) in [7, 11) is 1.75. The van der Waals surface area contributed by atoms with Crippen LogP contribution in [0.4, 0.5) is 0 Å². The Balaban J connectivity index is 2.58. The lowest BCUT2D eigenvalue weighted by molar-refractivity contribution is -0.117. The number of likely N-dealkylation sites (N-methyl/N-ethyl adjacent to an activating group) is 1. The molecule has 0 aliphatic carbocycles. The van der Waals surface area contributed by atoms with Crippen molar-refractivity contribution in [1.82, 2.24) is 4.90 Å². The van der Waals surface area contributed by atoms with Crippen LogP contribution in [0.3, 0.4) is 0 Å². The fourth-order valence-corrected chi connectivity index (χ4v) is 1.53. The van der Waals surface area contributed by atoms with Gasteiger partial charge in [-0.2, -0.15) is 0 Å². The van der Waals surface area contributed by atoms with Gasteiger partial charge in [0, 0.05) is 10.6 Å². The van der Waals surface area contributed by atoms with E-state index in [0.717, 1.165) is 0 Å². The third-order valence-corrected chi connectivity index (χ3v) is 2.32. The van der Waals surface area contributed by atoms with E-state index < -0.39 is 0 Å². The van der Waals surface area contributed by atoms with Gasteiger partial charge in [-0.1, -0.05) is 11.6 Å². The van der Waals surface area contributed by atoms with E-state index in [-0.39, 0.29) is 18.1 Å². The van der Waals surface area contributed by atoms with E-state index in [9.17, 15) is 9.59 Å². The summed E-state index contributed by atoms with van der Waals surface area (Å²) >= 11 is 5.72. The number of Topliss-reactive ketones (excluding diaryl/α,β-unsaturated/α-hetero) is 2. The maximum absolute atomic E-state index is 11.8. The van der Waals surface area contributed by atoms with Gasteiger partial charge in [-0.05, 0) is 38.2 Å². The average molecular weight is 240 g/mol. The quantitative estimate of drug-likeness (QED) is 0.738. The van der Waals surface area contributed by atoms with E-state index >= 15 is 0 Å². The minimum absolute atomic E-state index is 0.0135. The zero-order valence-corrected chi connectivity index (χ0v) is 10.1. The molecule has 0 amide bonds. The number of benzene rings is 1. The number of carbonyl (C=O) groups excluding carboxylic acids is 2. The van der Waals surface area contributed by atoms with E-state index in [0.29, 0.717) is 17.1 Å². The molecular weight excluding hydrogens is 226 g/mol. The number of ketones is 2. The summed E-state index contributed by atoms with van der Waals surface area (Å²) in [6.07, 6.45) is 0. The molecule has 0 aliphatic heterocycles. The first kappa shape index (κ1) is 12.9. The monoisotopic (exact) mass is 239 g/mol. The van der Waals surface area contributed by atoms with Crippen molar-refractivity contribution in [3.63, 3.8) is 0 Å². The molecule has 0 saturated carbocycles. The van der Waals surface area contributed by atoms with Crippen LogP contribution in [0.25, 0.3) is 0 Å². The molecule has 0 aromatic heterocycles. The maximum atomic E-state index is 11.8. The molecule has 0 heterocycles. The highest BCUT2D eigenvalue weighted by Crippen LogP contribution is 2.10. The SMILES string of the molecule is CC(=O)CN(C)CC(=O)c1ccc(Cl)cc1. The van der Waals surface area contributed by atoms with Gasteiger partial charge in [0.2, 0.25) is 0 Å². The summed E-state index contributed by atoms with van der Waals surface area (Å²) < 4.78 is 0. The van der Waals surface area contributed by atoms with Gasteiger partial charge in [-0.15, -0.1) is 0 Å². The summed E-state index contributed by atoms with van der Waals surface area (Å²) in [6, 6.07) is 6.73. The fourth-order valence-electron chi connectivity index (χ4n) is 1.41. The third-order valence-electron chi connectivity index (χ3n) is 2.07. The number of halogens is 1. The lowest BCUT2D eigenvalue weighted by Crippen LogP contribution is -2.30. The molecule has 86 valence electrons. The minimum atomic E-state index is -0.0135. The predicted octanol–water partition coefficient (Wildman–Crippen LogP) is 2.04. The Kier molecular flexibility index (Phi) is 4.65. The number of nitrogens with zero attached hydrogens (tertiary/aromatic N) is 1. The average Bonchev–Trinajstić information content (AvgIpc) is 2.16. The first-order valence-corrected chi connectivity index (χ1v) is 5.33.